The molecule has 0 aliphatic carbocycles. The van der Waals surface area contributed by atoms with Gasteiger partial charge in [0.2, 0.25) is 0 Å². The Morgan fingerprint density at radius 2 is 2.00 bits per heavy atom. The summed E-state index contributed by atoms with van der Waals surface area (Å²) in [6.07, 6.45) is 3.78. The number of hydrogen-bond donors (Lipinski definition) is 1. The largest absolute Gasteiger partial charge is 0.497 e. The van der Waals surface area contributed by atoms with Crippen molar-refractivity contribution < 1.29 is 4.74 Å². The Balaban J connectivity index is 0.00000196. The molecule has 0 aromatic heterocycles. The molecule has 1 aromatic carbocycles. The van der Waals surface area contributed by atoms with Gasteiger partial charge in [-0.25, -0.2) is 0 Å². The summed E-state index contributed by atoms with van der Waals surface area (Å²) in [6.45, 7) is 3.68. The first kappa shape index (κ1) is 14.0. The van der Waals surface area contributed by atoms with Crippen molar-refractivity contribution in [3.05, 3.63) is 42.5 Å². The van der Waals surface area contributed by atoms with E-state index in [1.807, 2.05) is 30.3 Å². The van der Waals surface area contributed by atoms with Crippen LogP contribution in [0.5, 0.6) is 5.75 Å². The lowest BCUT2D eigenvalue weighted by atomic mass is 10.0. The SMILES string of the molecule is C=CCC[C@@H](N)c1ccc(OC)cc1.Cl. The van der Waals surface area contributed by atoms with Crippen LogP contribution in [0.25, 0.3) is 0 Å². The molecule has 1 atom stereocenters. The molecule has 84 valence electrons. The summed E-state index contributed by atoms with van der Waals surface area (Å²) in [5, 5.41) is 0. The smallest absolute Gasteiger partial charge is 0.118 e. The maximum absolute atomic E-state index is 5.98. The van der Waals surface area contributed by atoms with E-state index in [1.54, 1.807) is 7.11 Å². The van der Waals surface area contributed by atoms with Crippen LogP contribution in [0.4, 0.5) is 0 Å². The van der Waals surface area contributed by atoms with Gasteiger partial charge in [0, 0.05) is 6.04 Å². The van der Waals surface area contributed by atoms with Gasteiger partial charge in [-0.15, -0.1) is 19.0 Å². The molecule has 0 aliphatic rings. The number of ether oxygens (including phenoxy) is 1. The minimum Gasteiger partial charge on any atom is -0.497 e. The molecule has 0 bridgehead atoms. The van der Waals surface area contributed by atoms with Crippen molar-refractivity contribution in [3.63, 3.8) is 0 Å². The molecular weight excluding hydrogens is 210 g/mol. The highest BCUT2D eigenvalue weighted by Gasteiger charge is 2.04. The van der Waals surface area contributed by atoms with Crippen molar-refractivity contribution in [2.75, 3.05) is 7.11 Å². The van der Waals surface area contributed by atoms with E-state index in [9.17, 15) is 0 Å². The Hall–Kier alpha value is -0.990. The van der Waals surface area contributed by atoms with E-state index in [1.165, 1.54) is 0 Å². The molecule has 3 heteroatoms. The van der Waals surface area contributed by atoms with Crippen LogP contribution in [0.15, 0.2) is 36.9 Å². The molecule has 1 rings (SSSR count). The quantitative estimate of drug-likeness (QED) is 0.785. The van der Waals surface area contributed by atoms with Crippen molar-refractivity contribution in [3.8, 4) is 5.75 Å². The zero-order valence-corrected chi connectivity index (χ0v) is 9.80. The highest BCUT2D eigenvalue weighted by molar-refractivity contribution is 5.85. The van der Waals surface area contributed by atoms with E-state index in [2.05, 4.69) is 6.58 Å². The lowest BCUT2D eigenvalue weighted by molar-refractivity contribution is 0.414. The average molecular weight is 228 g/mol. The molecule has 0 heterocycles. The van der Waals surface area contributed by atoms with E-state index in [0.29, 0.717) is 0 Å². The van der Waals surface area contributed by atoms with Gasteiger partial charge in [0.15, 0.2) is 0 Å². The number of halogens is 1. The Bertz CT molecular complexity index is 284. The standard InChI is InChI=1S/C12H17NO.ClH/c1-3-4-5-12(13)10-6-8-11(14-2)9-7-10;/h3,6-9,12H,1,4-5,13H2,2H3;1H/t12-;/m1./s1. The normalized spacial score (nSPS) is 11.3. The van der Waals surface area contributed by atoms with Gasteiger partial charge in [0.1, 0.15) is 5.75 Å². The molecule has 0 saturated heterocycles. The summed E-state index contributed by atoms with van der Waals surface area (Å²) in [6, 6.07) is 7.98. The molecule has 2 nitrogen and oxygen atoms in total. The maximum Gasteiger partial charge on any atom is 0.118 e. The monoisotopic (exact) mass is 227 g/mol. The van der Waals surface area contributed by atoms with E-state index in [0.717, 1.165) is 24.2 Å². The summed E-state index contributed by atoms with van der Waals surface area (Å²) in [4.78, 5) is 0. The summed E-state index contributed by atoms with van der Waals surface area (Å²) in [5.41, 5.74) is 7.13. The van der Waals surface area contributed by atoms with Crippen LogP contribution in [-0.2, 0) is 0 Å². The Labute approximate surface area is 97.5 Å². The van der Waals surface area contributed by atoms with Gasteiger partial charge < -0.3 is 10.5 Å². The fraction of sp³-hybridized carbons (Fsp3) is 0.333. The molecule has 0 aliphatic heterocycles. The number of rotatable bonds is 5. The van der Waals surface area contributed by atoms with Crippen molar-refractivity contribution >= 4 is 12.4 Å². The Morgan fingerprint density at radius 1 is 1.40 bits per heavy atom. The fourth-order valence-corrected chi connectivity index (χ4v) is 1.32. The molecule has 1 aromatic rings. The van der Waals surface area contributed by atoms with Crippen molar-refractivity contribution in [1.82, 2.24) is 0 Å². The topological polar surface area (TPSA) is 35.2 Å². The zero-order valence-electron chi connectivity index (χ0n) is 8.98. The summed E-state index contributed by atoms with van der Waals surface area (Å²) in [5.74, 6) is 0.865. The molecule has 0 spiro atoms. The molecule has 2 N–H and O–H groups in total. The first-order chi connectivity index (χ1) is 6.77. The fourth-order valence-electron chi connectivity index (χ4n) is 1.32. The Morgan fingerprint density at radius 3 is 2.47 bits per heavy atom. The van der Waals surface area contributed by atoms with Crippen molar-refractivity contribution in [1.29, 1.82) is 0 Å². The molecule has 15 heavy (non-hydrogen) atoms. The number of nitrogens with two attached hydrogens (primary N) is 1. The zero-order chi connectivity index (χ0) is 10.4. The first-order valence-electron chi connectivity index (χ1n) is 4.78. The lowest BCUT2D eigenvalue weighted by Crippen LogP contribution is -2.09. The van der Waals surface area contributed by atoms with Gasteiger partial charge >= 0.3 is 0 Å². The van der Waals surface area contributed by atoms with Gasteiger partial charge in [-0.1, -0.05) is 18.2 Å². The van der Waals surface area contributed by atoms with Gasteiger partial charge in [-0.2, -0.15) is 0 Å². The van der Waals surface area contributed by atoms with Crippen LogP contribution >= 0.6 is 12.4 Å². The third-order valence-electron chi connectivity index (χ3n) is 2.23. The second kappa shape index (κ2) is 7.32. The van der Waals surface area contributed by atoms with Crippen LogP contribution in [0.3, 0.4) is 0 Å². The predicted molar refractivity (Wildman–Crippen MR) is 66.6 cm³/mol. The molecule has 0 radical (unpaired) electrons. The first-order valence-corrected chi connectivity index (χ1v) is 4.78. The second-order valence-electron chi connectivity index (χ2n) is 3.25. The van der Waals surface area contributed by atoms with Gasteiger partial charge in [0.05, 0.1) is 7.11 Å². The predicted octanol–water partition coefficient (Wildman–Crippen LogP) is 3.08. The number of hydrogen-bond acceptors (Lipinski definition) is 2. The highest BCUT2D eigenvalue weighted by Crippen LogP contribution is 2.19. The Kier molecular flexibility index (Phi) is 6.84. The van der Waals surface area contributed by atoms with Crippen LogP contribution < -0.4 is 10.5 Å². The summed E-state index contributed by atoms with van der Waals surface area (Å²) < 4.78 is 5.07. The molecule has 0 saturated carbocycles. The van der Waals surface area contributed by atoms with Crippen LogP contribution in [0, 0.1) is 0 Å². The van der Waals surface area contributed by atoms with E-state index >= 15 is 0 Å². The number of methoxy groups -OCH3 is 1. The molecule has 0 amide bonds. The third-order valence-corrected chi connectivity index (χ3v) is 2.23. The highest BCUT2D eigenvalue weighted by atomic mass is 35.5. The number of allylic oxidation sites excluding steroid dienone is 1. The molecule has 0 unspecified atom stereocenters. The molecule has 0 fully saturated rings. The number of benzene rings is 1. The summed E-state index contributed by atoms with van der Waals surface area (Å²) in [7, 11) is 1.66. The van der Waals surface area contributed by atoms with Gasteiger partial charge in [-0.05, 0) is 30.5 Å². The van der Waals surface area contributed by atoms with E-state index in [4.69, 9.17) is 10.5 Å². The van der Waals surface area contributed by atoms with Crippen LogP contribution in [0.2, 0.25) is 0 Å². The average Bonchev–Trinajstić information content (AvgIpc) is 2.26. The van der Waals surface area contributed by atoms with E-state index in [-0.39, 0.29) is 18.4 Å². The van der Waals surface area contributed by atoms with Crippen molar-refractivity contribution in [2.24, 2.45) is 5.73 Å². The van der Waals surface area contributed by atoms with Crippen LogP contribution in [0.1, 0.15) is 24.4 Å². The van der Waals surface area contributed by atoms with Crippen molar-refractivity contribution in [2.45, 2.75) is 18.9 Å². The van der Waals surface area contributed by atoms with E-state index < -0.39 is 0 Å². The molecular formula is C12H18ClNO. The van der Waals surface area contributed by atoms with Crippen LogP contribution in [-0.4, -0.2) is 7.11 Å². The second-order valence-corrected chi connectivity index (χ2v) is 3.25. The summed E-state index contributed by atoms with van der Waals surface area (Å²) >= 11 is 0. The minimum atomic E-state index is 0. The lowest BCUT2D eigenvalue weighted by Gasteiger charge is -2.10. The van der Waals surface area contributed by atoms with Gasteiger partial charge in [0.25, 0.3) is 0 Å². The third kappa shape index (κ3) is 4.36. The minimum absolute atomic E-state index is 0. The van der Waals surface area contributed by atoms with Gasteiger partial charge in [-0.3, -0.25) is 0 Å². The maximum atomic E-state index is 5.98.